The van der Waals surface area contributed by atoms with Gasteiger partial charge in [0.05, 0.1) is 16.6 Å². The van der Waals surface area contributed by atoms with Crippen molar-refractivity contribution in [3.63, 3.8) is 0 Å². The summed E-state index contributed by atoms with van der Waals surface area (Å²) in [5, 5.41) is 11.2. The van der Waals surface area contributed by atoms with Crippen molar-refractivity contribution in [1.29, 1.82) is 0 Å². The highest BCUT2D eigenvalue weighted by Gasteiger charge is 2.49. The molecule has 1 unspecified atom stereocenters. The molecule has 1 saturated heterocycles. The summed E-state index contributed by atoms with van der Waals surface area (Å²) in [7, 11) is 0. The van der Waals surface area contributed by atoms with Crippen molar-refractivity contribution >= 4 is 34.4 Å². The molecule has 2 N–H and O–H groups in total. The van der Waals surface area contributed by atoms with Crippen LogP contribution in [0.25, 0.3) is 16.8 Å². The summed E-state index contributed by atoms with van der Waals surface area (Å²) in [4.78, 5) is 35.0. The zero-order valence-corrected chi connectivity index (χ0v) is 17.5. The van der Waals surface area contributed by atoms with E-state index in [1.165, 1.54) is 30.3 Å². The van der Waals surface area contributed by atoms with E-state index in [1.807, 2.05) is 0 Å². The fourth-order valence-corrected chi connectivity index (χ4v) is 4.29. The van der Waals surface area contributed by atoms with Crippen LogP contribution in [0, 0.1) is 5.82 Å². The van der Waals surface area contributed by atoms with E-state index in [2.05, 4.69) is 9.97 Å². The topological polar surface area (TPSA) is 105 Å². The summed E-state index contributed by atoms with van der Waals surface area (Å²) < 4.78 is 25.6. The minimum Gasteiger partial charge on any atom is -0.507 e. The van der Waals surface area contributed by atoms with Gasteiger partial charge in [0.1, 0.15) is 17.6 Å². The highest BCUT2D eigenvalue weighted by atomic mass is 19.1. The number of ether oxygens (including phenoxy) is 2. The summed E-state index contributed by atoms with van der Waals surface area (Å²) in [5.41, 5.74) is 1.23. The number of para-hydroxylation sites is 2. The fraction of sp³-hybridized carbons (Fsp3) is 0.0800. The molecule has 8 nitrogen and oxygen atoms in total. The third-order valence-corrected chi connectivity index (χ3v) is 5.90. The number of carbonyl (C=O) groups excluding carboxylic acids is 2. The molecule has 3 heterocycles. The van der Waals surface area contributed by atoms with Gasteiger partial charge in [-0.05, 0) is 36.4 Å². The van der Waals surface area contributed by atoms with Gasteiger partial charge in [-0.3, -0.25) is 14.5 Å². The lowest BCUT2D eigenvalue weighted by Gasteiger charge is -2.23. The Morgan fingerprint density at radius 2 is 1.79 bits per heavy atom. The quantitative estimate of drug-likeness (QED) is 0.273. The number of nitrogens with one attached hydrogen (secondary N) is 1. The Hall–Kier alpha value is -4.66. The first-order chi connectivity index (χ1) is 16.5. The molecule has 9 heteroatoms. The molecule has 0 radical (unpaired) electrons. The molecule has 0 aliphatic carbocycles. The monoisotopic (exact) mass is 457 g/mol. The van der Waals surface area contributed by atoms with Crippen LogP contribution < -0.4 is 14.4 Å². The third kappa shape index (κ3) is 2.94. The van der Waals surface area contributed by atoms with Crippen molar-refractivity contribution < 1.29 is 28.6 Å². The van der Waals surface area contributed by atoms with Gasteiger partial charge in [0, 0.05) is 11.1 Å². The maximum Gasteiger partial charge on any atom is 0.302 e. The Kier molecular flexibility index (Phi) is 4.38. The molecule has 2 aliphatic heterocycles. The zero-order valence-electron chi connectivity index (χ0n) is 17.5. The molecule has 0 saturated carbocycles. The van der Waals surface area contributed by atoms with Crippen LogP contribution in [0.4, 0.5) is 10.3 Å². The highest BCUT2D eigenvalue weighted by molar-refractivity contribution is 6.51. The third-order valence-electron chi connectivity index (χ3n) is 5.90. The number of imidazole rings is 1. The number of carbonyl (C=O) groups is 2. The van der Waals surface area contributed by atoms with Gasteiger partial charge in [0.25, 0.3) is 5.78 Å². The minimum atomic E-state index is -1.24. The molecule has 2 aliphatic rings. The average molecular weight is 457 g/mol. The largest absolute Gasteiger partial charge is 0.507 e. The molecule has 6 rings (SSSR count). The average Bonchev–Trinajstić information content (AvgIpc) is 3.55. The van der Waals surface area contributed by atoms with Crippen molar-refractivity contribution in [3.05, 3.63) is 89.2 Å². The number of benzene rings is 3. The molecule has 168 valence electrons. The lowest BCUT2D eigenvalue weighted by molar-refractivity contribution is -0.132. The van der Waals surface area contributed by atoms with Crippen molar-refractivity contribution in [3.8, 4) is 11.5 Å². The normalized spacial score (nSPS) is 18.7. The Bertz CT molecular complexity index is 1490. The van der Waals surface area contributed by atoms with Crippen LogP contribution in [-0.2, 0) is 9.59 Å². The fourth-order valence-electron chi connectivity index (χ4n) is 4.29. The minimum absolute atomic E-state index is 0.0330. The first-order valence-corrected chi connectivity index (χ1v) is 10.4. The van der Waals surface area contributed by atoms with E-state index in [0.29, 0.717) is 22.5 Å². The Morgan fingerprint density at radius 1 is 1.03 bits per heavy atom. The van der Waals surface area contributed by atoms with Gasteiger partial charge >= 0.3 is 5.91 Å². The molecule has 1 aromatic heterocycles. The van der Waals surface area contributed by atoms with Gasteiger partial charge in [0.2, 0.25) is 12.7 Å². The van der Waals surface area contributed by atoms with E-state index < -0.39 is 29.3 Å². The second-order valence-corrected chi connectivity index (χ2v) is 7.84. The lowest BCUT2D eigenvalue weighted by Crippen LogP contribution is -2.30. The summed E-state index contributed by atoms with van der Waals surface area (Å²) in [6.07, 6.45) is 0. The Balaban J connectivity index is 1.57. The molecule has 34 heavy (non-hydrogen) atoms. The number of Topliss-reactive ketones (excluding diaryl/α,β-unsaturated/α-hetero) is 1. The first kappa shape index (κ1) is 20.0. The van der Waals surface area contributed by atoms with Crippen molar-refractivity contribution in [1.82, 2.24) is 9.97 Å². The molecular weight excluding hydrogens is 441 g/mol. The Morgan fingerprint density at radius 3 is 2.62 bits per heavy atom. The second kappa shape index (κ2) is 7.45. The van der Waals surface area contributed by atoms with E-state index in [-0.39, 0.29) is 29.4 Å². The number of nitrogens with zero attached hydrogens (tertiary/aromatic N) is 2. The van der Waals surface area contributed by atoms with Crippen molar-refractivity contribution in [2.45, 2.75) is 6.04 Å². The molecule has 1 fully saturated rings. The number of hydrogen-bond donors (Lipinski definition) is 2. The van der Waals surface area contributed by atoms with Gasteiger partial charge in [-0.2, -0.15) is 0 Å². The predicted octanol–water partition coefficient (Wildman–Crippen LogP) is 4.06. The summed E-state index contributed by atoms with van der Waals surface area (Å²) in [6.45, 7) is 0.0330. The molecule has 1 amide bonds. The number of aliphatic hydroxyl groups is 1. The van der Waals surface area contributed by atoms with Crippen LogP contribution in [0.2, 0.25) is 0 Å². The molecule has 0 spiro atoms. The second-order valence-electron chi connectivity index (χ2n) is 7.84. The smallest absolute Gasteiger partial charge is 0.302 e. The molecule has 1 atom stereocenters. The molecule has 4 aromatic rings. The summed E-state index contributed by atoms with van der Waals surface area (Å²) >= 11 is 0. The van der Waals surface area contributed by atoms with Crippen LogP contribution in [0.5, 0.6) is 11.5 Å². The maximum atomic E-state index is 15.0. The van der Waals surface area contributed by atoms with Crippen LogP contribution in [0.3, 0.4) is 0 Å². The molecule has 3 aromatic carbocycles. The number of amides is 1. The van der Waals surface area contributed by atoms with E-state index in [0.717, 1.165) is 4.90 Å². The SMILES string of the molecule is O=C1C(=O)N(c2nc3ccccc3[nH]2)C(c2ccccc2F)/C1=C(\O)c1ccc2c(c1)OCO2. The van der Waals surface area contributed by atoms with Gasteiger partial charge in [-0.1, -0.05) is 30.3 Å². The number of anilines is 1. The van der Waals surface area contributed by atoms with Gasteiger partial charge in [-0.25, -0.2) is 9.37 Å². The van der Waals surface area contributed by atoms with Gasteiger partial charge in [0.15, 0.2) is 11.5 Å². The lowest BCUT2D eigenvalue weighted by atomic mass is 9.95. The number of aromatic amines is 1. The summed E-state index contributed by atoms with van der Waals surface area (Å²) in [5.74, 6) is -2.03. The zero-order chi connectivity index (χ0) is 23.4. The number of aliphatic hydroxyl groups excluding tert-OH is 1. The van der Waals surface area contributed by atoms with Crippen LogP contribution in [0.15, 0.2) is 72.3 Å². The number of aromatic nitrogens is 2. The standard InChI is InChI=1S/C25H16FN3O5/c26-15-6-2-1-5-14(15)21-20(22(30)13-9-10-18-19(11-13)34-12-33-18)23(31)24(32)29(21)25-27-16-7-3-4-8-17(16)28-25/h1-11,21,30H,12H2,(H,27,28)/b22-20+. The van der Waals surface area contributed by atoms with Gasteiger partial charge in [-0.15, -0.1) is 0 Å². The van der Waals surface area contributed by atoms with Crippen LogP contribution >= 0.6 is 0 Å². The summed E-state index contributed by atoms with van der Waals surface area (Å²) in [6, 6.07) is 16.3. The van der Waals surface area contributed by atoms with Crippen LogP contribution in [-0.4, -0.2) is 33.6 Å². The first-order valence-electron chi connectivity index (χ1n) is 10.4. The van der Waals surface area contributed by atoms with E-state index in [1.54, 1.807) is 36.4 Å². The molecular formula is C25H16FN3O5. The molecule has 0 bridgehead atoms. The van der Waals surface area contributed by atoms with E-state index in [9.17, 15) is 19.1 Å². The van der Waals surface area contributed by atoms with E-state index >= 15 is 0 Å². The van der Waals surface area contributed by atoms with Crippen molar-refractivity contribution in [2.75, 3.05) is 11.7 Å². The van der Waals surface area contributed by atoms with E-state index in [4.69, 9.17) is 9.47 Å². The number of hydrogen-bond acceptors (Lipinski definition) is 6. The van der Waals surface area contributed by atoms with Crippen LogP contribution in [0.1, 0.15) is 17.2 Å². The highest BCUT2D eigenvalue weighted by Crippen LogP contribution is 2.43. The number of fused-ring (bicyclic) bond motifs is 2. The number of ketones is 1. The Labute approximate surface area is 191 Å². The number of halogens is 1. The van der Waals surface area contributed by atoms with Crippen molar-refractivity contribution in [2.24, 2.45) is 0 Å². The number of H-pyrrole nitrogens is 1. The predicted molar refractivity (Wildman–Crippen MR) is 120 cm³/mol. The van der Waals surface area contributed by atoms with Gasteiger partial charge < -0.3 is 19.6 Å². The number of rotatable bonds is 3. The maximum absolute atomic E-state index is 15.0.